The second-order valence-electron chi connectivity index (χ2n) is 18.6. The molecule has 0 N–H and O–H groups in total. The molecule has 0 aromatic rings. The van der Waals surface area contributed by atoms with E-state index in [0.29, 0.717) is 15.5 Å². The first kappa shape index (κ1) is 40.0. The van der Waals surface area contributed by atoms with Crippen LogP contribution in [0.1, 0.15) is 116 Å². The number of hydrogen-bond donors (Lipinski definition) is 0. The van der Waals surface area contributed by atoms with Gasteiger partial charge in [0.05, 0.1) is 0 Å². The minimum Gasteiger partial charge on any atom is -1.00 e. The topological polar surface area (TPSA) is 0 Å². The average Bonchev–Trinajstić information content (AvgIpc) is 3.48. The van der Waals surface area contributed by atoms with Gasteiger partial charge in [-0.25, -0.2) is 0 Å². The van der Waals surface area contributed by atoms with E-state index in [-0.39, 0.29) is 68.1 Å². The monoisotopic (exact) mass is 764 g/mol. The molecule has 0 saturated heterocycles. The normalized spacial score (nSPS) is 44.5. The summed E-state index contributed by atoms with van der Waals surface area (Å²) >= 11 is -2.56. The Morgan fingerprint density at radius 3 is 1.81 bits per heavy atom. The Bertz CT molecular complexity index is 1620. The van der Waals surface area contributed by atoms with E-state index in [0.717, 1.165) is 0 Å². The Kier molecular flexibility index (Phi) is 10.4. The second kappa shape index (κ2) is 12.4. The van der Waals surface area contributed by atoms with Crippen LogP contribution in [0.5, 0.6) is 0 Å². The molecule has 2 fully saturated rings. The fourth-order valence-corrected chi connectivity index (χ4v) is 24.0. The summed E-state index contributed by atoms with van der Waals surface area (Å²) in [5.41, 5.74) is 3.25. The molecule has 0 aliphatic heterocycles. The predicted molar refractivity (Wildman–Crippen MR) is 198 cm³/mol. The van der Waals surface area contributed by atoms with Crippen molar-refractivity contribution in [2.45, 2.75) is 120 Å². The first-order valence-corrected chi connectivity index (χ1v) is 22.4. The summed E-state index contributed by atoms with van der Waals surface area (Å²) < 4.78 is 4.33. The van der Waals surface area contributed by atoms with Gasteiger partial charge in [0.25, 0.3) is 0 Å². The molecule has 2 saturated carbocycles. The molecule has 0 spiro atoms. The van der Waals surface area contributed by atoms with E-state index in [9.17, 15) is 0 Å². The molecule has 0 nitrogen and oxygen atoms in total. The molecule has 0 bridgehead atoms. The van der Waals surface area contributed by atoms with Crippen molar-refractivity contribution < 1.29 is 46.1 Å². The molecule has 0 radical (unpaired) electrons. The zero-order valence-electron chi connectivity index (χ0n) is 32.6. The van der Waals surface area contributed by atoms with E-state index in [2.05, 4.69) is 176 Å². The third kappa shape index (κ3) is 4.38. The SMILES string of the molecule is CCCCC1C=C(C(C)(C)C)C=[C]1[Zr+2](=[C](C)C)[CH]1C2C=CC=C(C)C2(C)C2(C)C3(C)C=CC=CC3(C)C3(C)C=CC=CC3(C)C12C.[Cl-].[Cl-]. The van der Waals surface area contributed by atoms with Crippen molar-refractivity contribution in [3.8, 4) is 0 Å². The molecular weight excluding hydrogens is 703 g/mol. The van der Waals surface area contributed by atoms with Gasteiger partial charge in [0.15, 0.2) is 0 Å². The summed E-state index contributed by atoms with van der Waals surface area (Å²) in [5, 5.41) is 0. The molecule has 10 atom stereocenters. The molecule has 6 aliphatic carbocycles. The van der Waals surface area contributed by atoms with Gasteiger partial charge in [-0.15, -0.1) is 0 Å². The Labute approximate surface area is 315 Å². The summed E-state index contributed by atoms with van der Waals surface area (Å²) in [6.45, 7) is 36.3. The summed E-state index contributed by atoms with van der Waals surface area (Å²) in [4.78, 5) is 0. The van der Waals surface area contributed by atoms with E-state index in [1.54, 1.807) is 14.4 Å². The van der Waals surface area contributed by atoms with Crippen molar-refractivity contribution in [1.82, 2.24) is 0 Å². The maximum absolute atomic E-state index is 2.83. The number of hydrogen-bond acceptors (Lipinski definition) is 0. The number of rotatable bonds is 5. The van der Waals surface area contributed by atoms with E-state index in [4.69, 9.17) is 0 Å². The van der Waals surface area contributed by atoms with Crippen molar-refractivity contribution >= 4 is 3.21 Å². The quantitative estimate of drug-likeness (QED) is 0.291. The minimum atomic E-state index is -2.56. The van der Waals surface area contributed by atoms with Gasteiger partial charge in [0.2, 0.25) is 0 Å². The van der Waals surface area contributed by atoms with Crippen LogP contribution in [0, 0.1) is 55.2 Å². The molecule has 48 heavy (non-hydrogen) atoms. The maximum atomic E-state index is 2.83. The fraction of sp³-hybridized carbons (Fsp3) is 0.622. The van der Waals surface area contributed by atoms with Crippen LogP contribution in [0.4, 0.5) is 0 Å². The van der Waals surface area contributed by atoms with Crippen LogP contribution in [-0.4, -0.2) is 3.21 Å². The smallest absolute Gasteiger partial charge is 1.00 e. The van der Waals surface area contributed by atoms with Crippen LogP contribution >= 0.6 is 0 Å². The van der Waals surface area contributed by atoms with Crippen molar-refractivity contribution in [3.05, 3.63) is 93.4 Å². The standard InChI is InChI=1S/C29H37.C13H21.C3H6.2ClH.Zr/c1-21-14-13-15-22-20-27(6)25(4)18-10-9-16-23(25,2)24(3)17-11-12-19-26(24,5)29(27,8)28(21,22)7;1-5-6-7-11-8-9-12(10-11)13(2,3)4;1-3-2;;;/h9-20,22H,1-8H3;9-11H,5-7H2,1-4H3;1-2H3;2*1H;/q;;;;;+2/p-2. The van der Waals surface area contributed by atoms with Crippen molar-refractivity contribution in [1.29, 1.82) is 0 Å². The van der Waals surface area contributed by atoms with Crippen LogP contribution in [-0.2, 0) is 21.3 Å². The Morgan fingerprint density at radius 1 is 0.771 bits per heavy atom. The van der Waals surface area contributed by atoms with E-state index >= 15 is 0 Å². The number of fused-ring (bicyclic) bond motifs is 8. The first-order chi connectivity index (χ1) is 21.3. The molecule has 6 rings (SSSR count). The third-order valence-corrected chi connectivity index (χ3v) is 25.8. The van der Waals surface area contributed by atoms with Gasteiger partial charge in [-0.05, 0) is 0 Å². The number of halogens is 2. The molecule has 6 aliphatic rings. The van der Waals surface area contributed by atoms with Gasteiger partial charge < -0.3 is 24.8 Å². The minimum absolute atomic E-state index is 0. The van der Waals surface area contributed by atoms with Crippen LogP contribution in [0.2, 0.25) is 3.63 Å². The van der Waals surface area contributed by atoms with E-state index in [1.165, 1.54) is 19.3 Å². The van der Waals surface area contributed by atoms with Crippen molar-refractivity contribution in [2.75, 3.05) is 0 Å². The Balaban J connectivity index is 0.00000260. The third-order valence-electron chi connectivity index (χ3n) is 16.5. The largest absolute Gasteiger partial charge is 1.00 e. The Hall–Kier alpha value is -0.747. The van der Waals surface area contributed by atoms with Gasteiger partial charge in [-0.3, -0.25) is 0 Å². The van der Waals surface area contributed by atoms with Crippen LogP contribution in [0.3, 0.4) is 0 Å². The number of unbranched alkanes of at least 4 members (excludes halogenated alkanes) is 1. The molecule has 0 amide bonds. The predicted octanol–water partition coefficient (Wildman–Crippen LogP) is 6.75. The zero-order chi connectivity index (χ0) is 33.9. The van der Waals surface area contributed by atoms with E-state index < -0.39 is 21.3 Å². The van der Waals surface area contributed by atoms with Gasteiger partial charge in [0.1, 0.15) is 0 Å². The summed E-state index contributed by atoms with van der Waals surface area (Å²) in [5.74, 6) is 1.12. The van der Waals surface area contributed by atoms with Crippen molar-refractivity contribution in [2.24, 2.45) is 55.2 Å². The van der Waals surface area contributed by atoms with Gasteiger partial charge in [-0.1, -0.05) is 0 Å². The zero-order valence-corrected chi connectivity index (χ0v) is 36.6. The molecule has 3 heteroatoms. The van der Waals surface area contributed by atoms with Crippen molar-refractivity contribution in [3.63, 3.8) is 0 Å². The molecule has 0 aromatic heterocycles. The van der Waals surface area contributed by atoms with Gasteiger partial charge in [0, 0.05) is 0 Å². The molecule has 10 unspecified atom stereocenters. The summed E-state index contributed by atoms with van der Waals surface area (Å²) in [6.07, 6.45) is 37.3. The second-order valence-corrected chi connectivity index (χ2v) is 26.1. The average molecular weight is 767 g/mol. The van der Waals surface area contributed by atoms with Gasteiger partial charge >= 0.3 is 293 Å². The van der Waals surface area contributed by atoms with Crippen LogP contribution in [0.25, 0.3) is 0 Å². The maximum Gasteiger partial charge on any atom is -1.00 e. The molecule has 0 aromatic carbocycles. The van der Waals surface area contributed by atoms with Gasteiger partial charge in [-0.2, -0.15) is 0 Å². The molecule has 262 valence electrons. The number of allylic oxidation sites excluding steroid dienone is 16. The molecule has 0 heterocycles. The van der Waals surface area contributed by atoms with Crippen LogP contribution in [0.15, 0.2) is 93.4 Å². The van der Waals surface area contributed by atoms with Crippen LogP contribution < -0.4 is 24.8 Å². The summed E-state index contributed by atoms with van der Waals surface area (Å²) in [6, 6.07) is 0. The molecular formula is C45H64Cl2Zr. The summed E-state index contributed by atoms with van der Waals surface area (Å²) in [7, 11) is 0. The van der Waals surface area contributed by atoms with E-state index in [1.807, 2.05) is 3.28 Å². The Morgan fingerprint density at radius 2 is 1.29 bits per heavy atom. The fourth-order valence-electron chi connectivity index (χ4n) is 13.0. The first-order valence-electron chi connectivity index (χ1n) is 18.5.